The van der Waals surface area contributed by atoms with E-state index in [0.717, 1.165) is 17.9 Å². The number of aromatic carboxylic acids is 1. The van der Waals surface area contributed by atoms with Gasteiger partial charge in [-0.05, 0) is 31.4 Å². The van der Waals surface area contributed by atoms with Crippen LogP contribution in [0.5, 0.6) is 0 Å². The van der Waals surface area contributed by atoms with E-state index in [-0.39, 0.29) is 0 Å². The molecule has 1 fully saturated rings. The van der Waals surface area contributed by atoms with Gasteiger partial charge in [0.25, 0.3) is 0 Å². The van der Waals surface area contributed by atoms with Gasteiger partial charge in [-0.25, -0.2) is 9.78 Å². The molecule has 1 aromatic rings. The highest BCUT2D eigenvalue weighted by molar-refractivity contribution is 5.88. The minimum absolute atomic E-state index is 0.335. The largest absolute Gasteiger partial charge is 0.478 e. The molecule has 1 saturated carbocycles. The van der Waals surface area contributed by atoms with E-state index in [1.807, 2.05) is 14.0 Å². The van der Waals surface area contributed by atoms with Crippen LogP contribution in [0, 0.1) is 0 Å². The number of hydrogen-bond donors (Lipinski definition) is 1. The summed E-state index contributed by atoms with van der Waals surface area (Å²) in [5, 5.41) is 9.13. The van der Waals surface area contributed by atoms with Crippen molar-refractivity contribution in [1.82, 2.24) is 4.98 Å². The summed E-state index contributed by atoms with van der Waals surface area (Å²) in [6.07, 6.45) is 5.63. The van der Waals surface area contributed by atoms with Crippen molar-refractivity contribution < 1.29 is 9.90 Å². The SMILES string of the molecule is CCc1cc(C(=O)O)cc(N(C)C2CCCC2)n1. The van der Waals surface area contributed by atoms with Gasteiger partial charge in [0.1, 0.15) is 5.82 Å². The minimum atomic E-state index is -0.881. The summed E-state index contributed by atoms with van der Waals surface area (Å²) in [5.41, 5.74) is 1.18. The van der Waals surface area contributed by atoms with Crippen molar-refractivity contribution in [2.24, 2.45) is 0 Å². The molecule has 0 radical (unpaired) electrons. The van der Waals surface area contributed by atoms with Gasteiger partial charge in [0.15, 0.2) is 0 Å². The number of carboxylic acid groups (broad SMARTS) is 1. The van der Waals surface area contributed by atoms with E-state index in [0.29, 0.717) is 11.6 Å². The maximum Gasteiger partial charge on any atom is 0.335 e. The van der Waals surface area contributed by atoms with Crippen molar-refractivity contribution in [2.45, 2.75) is 45.1 Å². The summed E-state index contributed by atoms with van der Waals surface area (Å²) >= 11 is 0. The Labute approximate surface area is 108 Å². The zero-order chi connectivity index (χ0) is 13.1. The molecule has 2 rings (SSSR count). The van der Waals surface area contributed by atoms with Crippen molar-refractivity contribution in [3.8, 4) is 0 Å². The minimum Gasteiger partial charge on any atom is -0.478 e. The Balaban J connectivity index is 2.30. The van der Waals surface area contributed by atoms with Gasteiger partial charge in [0.05, 0.1) is 5.56 Å². The van der Waals surface area contributed by atoms with E-state index in [1.165, 1.54) is 25.7 Å². The first kappa shape index (κ1) is 12.9. The number of carbonyl (C=O) groups is 1. The molecule has 1 aliphatic carbocycles. The Kier molecular flexibility index (Phi) is 3.84. The zero-order valence-corrected chi connectivity index (χ0v) is 11.0. The van der Waals surface area contributed by atoms with E-state index < -0.39 is 5.97 Å². The zero-order valence-electron chi connectivity index (χ0n) is 11.0. The Morgan fingerprint density at radius 1 is 1.44 bits per heavy atom. The van der Waals surface area contributed by atoms with Gasteiger partial charge >= 0.3 is 5.97 Å². The summed E-state index contributed by atoms with van der Waals surface area (Å²) in [5.74, 6) is -0.0909. The molecule has 0 bridgehead atoms. The first-order valence-electron chi connectivity index (χ1n) is 6.59. The summed E-state index contributed by atoms with van der Waals surface area (Å²) in [4.78, 5) is 17.8. The number of rotatable bonds is 4. The van der Waals surface area contributed by atoms with Gasteiger partial charge in [-0.1, -0.05) is 19.8 Å². The summed E-state index contributed by atoms with van der Waals surface area (Å²) in [6, 6.07) is 3.85. The van der Waals surface area contributed by atoms with Gasteiger partial charge in [-0.3, -0.25) is 0 Å². The highest BCUT2D eigenvalue weighted by Crippen LogP contribution is 2.26. The topological polar surface area (TPSA) is 53.4 Å². The van der Waals surface area contributed by atoms with Crippen LogP contribution in [0.3, 0.4) is 0 Å². The number of anilines is 1. The van der Waals surface area contributed by atoms with Crippen LogP contribution in [0.2, 0.25) is 0 Å². The second-order valence-electron chi connectivity index (χ2n) is 4.91. The molecule has 0 amide bonds. The molecule has 0 spiro atoms. The van der Waals surface area contributed by atoms with Crippen molar-refractivity contribution in [2.75, 3.05) is 11.9 Å². The highest BCUT2D eigenvalue weighted by Gasteiger charge is 2.21. The number of nitrogens with zero attached hydrogens (tertiary/aromatic N) is 2. The maximum absolute atomic E-state index is 11.1. The number of pyridine rings is 1. The van der Waals surface area contributed by atoms with Crippen LogP contribution in [-0.4, -0.2) is 29.1 Å². The van der Waals surface area contributed by atoms with Crippen molar-refractivity contribution in [3.05, 3.63) is 23.4 Å². The lowest BCUT2D eigenvalue weighted by Gasteiger charge is -2.26. The number of aromatic nitrogens is 1. The number of carboxylic acids is 1. The van der Waals surface area contributed by atoms with Gasteiger partial charge in [0.2, 0.25) is 0 Å². The summed E-state index contributed by atoms with van der Waals surface area (Å²) in [7, 11) is 2.02. The molecule has 0 aliphatic heterocycles. The predicted molar refractivity (Wildman–Crippen MR) is 71.2 cm³/mol. The number of aryl methyl sites for hydroxylation is 1. The molecule has 18 heavy (non-hydrogen) atoms. The smallest absolute Gasteiger partial charge is 0.335 e. The second kappa shape index (κ2) is 5.38. The molecule has 1 N–H and O–H groups in total. The van der Waals surface area contributed by atoms with Crippen molar-refractivity contribution in [1.29, 1.82) is 0 Å². The first-order valence-corrected chi connectivity index (χ1v) is 6.59. The van der Waals surface area contributed by atoms with E-state index in [9.17, 15) is 4.79 Å². The Morgan fingerprint density at radius 3 is 2.67 bits per heavy atom. The lowest BCUT2D eigenvalue weighted by atomic mass is 10.1. The van der Waals surface area contributed by atoms with Gasteiger partial charge in [0, 0.05) is 18.8 Å². The fourth-order valence-electron chi connectivity index (χ4n) is 2.54. The Bertz CT molecular complexity index is 439. The molecule has 4 nitrogen and oxygen atoms in total. The van der Waals surface area contributed by atoms with Gasteiger partial charge < -0.3 is 10.0 Å². The standard InChI is InChI=1S/C14H20N2O2/c1-3-11-8-10(14(17)18)9-13(15-11)16(2)12-6-4-5-7-12/h8-9,12H,3-7H2,1-2H3,(H,17,18). The summed E-state index contributed by atoms with van der Waals surface area (Å²) in [6.45, 7) is 1.99. The van der Waals surface area contributed by atoms with E-state index in [1.54, 1.807) is 12.1 Å². The van der Waals surface area contributed by atoms with Crippen LogP contribution in [0.15, 0.2) is 12.1 Å². The molecular weight excluding hydrogens is 228 g/mol. The predicted octanol–water partition coefficient (Wildman–Crippen LogP) is 2.72. The Hall–Kier alpha value is -1.58. The third kappa shape index (κ3) is 2.63. The van der Waals surface area contributed by atoms with Crippen LogP contribution >= 0.6 is 0 Å². The van der Waals surface area contributed by atoms with Crippen LogP contribution in [0.4, 0.5) is 5.82 Å². The van der Waals surface area contributed by atoms with E-state index in [4.69, 9.17) is 5.11 Å². The third-order valence-corrected chi connectivity index (χ3v) is 3.71. The molecule has 0 atom stereocenters. The lowest BCUT2D eigenvalue weighted by Crippen LogP contribution is -2.30. The Morgan fingerprint density at radius 2 is 2.11 bits per heavy atom. The van der Waals surface area contributed by atoms with E-state index >= 15 is 0 Å². The normalized spacial score (nSPS) is 15.9. The monoisotopic (exact) mass is 248 g/mol. The fourth-order valence-corrected chi connectivity index (χ4v) is 2.54. The van der Waals surface area contributed by atoms with Crippen molar-refractivity contribution >= 4 is 11.8 Å². The molecule has 98 valence electrons. The maximum atomic E-state index is 11.1. The molecule has 0 saturated heterocycles. The fraction of sp³-hybridized carbons (Fsp3) is 0.571. The van der Waals surface area contributed by atoms with Crippen LogP contribution in [0.25, 0.3) is 0 Å². The summed E-state index contributed by atoms with van der Waals surface area (Å²) < 4.78 is 0. The highest BCUT2D eigenvalue weighted by atomic mass is 16.4. The molecule has 0 aromatic carbocycles. The second-order valence-corrected chi connectivity index (χ2v) is 4.91. The average Bonchev–Trinajstić information content (AvgIpc) is 2.91. The van der Waals surface area contributed by atoms with Crippen LogP contribution in [-0.2, 0) is 6.42 Å². The molecular formula is C14H20N2O2. The molecule has 1 heterocycles. The number of hydrogen-bond acceptors (Lipinski definition) is 3. The molecule has 0 unspecified atom stereocenters. The van der Waals surface area contributed by atoms with Crippen LogP contribution < -0.4 is 4.90 Å². The van der Waals surface area contributed by atoms with E-state index in [2.05, 4.69) is 9.88 Å². The lowest BCUT2D eigenvalue weighted by molar-refractivity contribution is 0.0696. The van der Waals surface area contributed by atoms with Crippen molar-refractivity contribution in [3.63, 3.8) is 0 Å². The van der Waals surface area contributed by atoms with Gasteiger partial charge in [-0.15, -0.1) is 0 Å². The first-order chi connectivity index (χ1) is 8.61. The van der Waals surface area contributed by atoms with Crippen LogP contribution in [0.1, 0.15) is 48.7 Å². The average molecular weight is 248 g/mol. The molecule has 4 heteroatoms. The third-order valence-electron chi connectivity index (χ3n) is 3.71. The molecule has 1 aliphatic rings. The molecule has 1 aromatic heterocycles. The van der Waals surface area contributed by atoms with Gasteiger partial charge in [-0.2, -0.15) is 0 Å². The quantitative estimate of drug-likeness (QED) is 0.890.